The molecule has 2 aliphatic rings. The van der Waals surface area contributed by atoms with Gasteiger partial charge in [0.2, 0.25) is 5.91 Å². The summed E-state index contributed by atoms with van der Waals surface area (Å²) in [5, 5.41) is 3.11. The quantitative estimate of drug-likeness (QED) is 0.901. The summed E-state index contributed by atoms with van der Waals surface area (Å²) in [6.45, 7) is 3.94. The molecular weight excluding hydrogens is 238 g/mol. The lowest BCUT2D eigenvalue weighted by Crippen LogP contribution is -2.41. The Morgan fingerprint density at radius 2 is 2.05 bits per heavy atom. The number of carbonyl (C=O) groups excluding carboxylic acids is 1. The number of nitrogens with zero attached hydrogens (tertiary/aromatic N) is 2. The van der Waals surface area contributed by atoms with Gasteiger partial charge in [-0.05, 0) is 50.3 Å². The van der Waals surface area contributed by atoms with Crippen LogP contribution < -0.4 is 10.2 Å². The highest BCUT2D eigenvalue weighted by Crippen LogP contribution is 2.24. The minimum absolute atomic E-state index is 0.196. The fourth-order valence-corrected chi connectivity index (χ4v) is 2.61. The lowest BCUT2D eigenvalue weighted by atomic mass is 9.96. The summed E-state index contributed by atoms with van der Waals surface area (Å²) in [6.07, 6.45) is 6.06. The molecule has 4 heteroatoms. The molecule has 1 aliphatic carbocycles. The molecule has 0 aromatic carbocycles. The summed E-state index contributed by atoms with van der Waals surface area (Å²) in [5.74, 6) is 1.50. The van der Waals surface area contributed by atoms with Gasteiger partial charge in [0.05, 0.1) is 0 Å². The van der Waals surface area contributed by atoms with E-state index >= 15 is 0 Å². The molecule has 1 saturated carbocycles. The van der Waals surface area contributed by atoms with Crippen LogP contribution in [0.1, 0.15) is 31.2 Å². The fraction of sp³-hybridized carbons (Fsp3) is 0.600. The first kappa shape index (κ1) is 12.5. The molecular formula is C15H21N3O. The van der Waals surface area contributed by atoms with Crippen LogP contribution in [0.4, 0.5) is 5.82 Å². The van der Waals surface area contributed by atoms with E-state index in [9.17, 15) is 4.79 Å². The van der Waals surface area contributed by atoms with E-state index in [1.165, 1.54) is 5.56 Å². The predicted molar refractivity (Wildman–Crippen MR) is 75.1 cm³/mol. The van der Waals surface area contributed by atoms with Crippen LogP contribution in [0.2, 0.25) is 0 Å². The molecule has 1 amide bonds. The zero-order valence-electron chi connectivity index (χ0n) is 11.4. The van der Waals surface area contributed by atoms with E-state index in [4.69, 9.17) is 0 Å². The normalized spacial score (nSPS) is 20.4. The maximum Gasteiger partial charge on any atom is 0.223 e. The Bertz CT molecular complexity index is 462. The van der Waals surface area contributed by atoms with Crippen LogP contribution in [0.15, 0.2) is 18.3 Å². The third-order valence-corrected chi connectivity index (χ3v) is 4.01. The Balaban J connectivity index is 1.55. The first-order chi connectivity index (χ1) is 9.22. The third kappa shape index (κ3) is 3.06. The van der Waals surface area contributed by atoms with Crippen LogP contribution in [0.3, 0.4) is 0 Å². The second-order valence-electron chi connectivity index (χ2n) is 5.74. The Kier molecular flexibility index (Phi) is 3.40. The van der Waals surface area contributed by atoms with Gasteiger partial charge in [0, 0.05) is 31.2 Å². The van der Waals surface area contributed by atoms with E-state index in [1.54, 1.807) is 0 Å². The molecule has 4 nitrogen and oxygen atoms in total. The summed E-state index contributed by atoms with van der Waals surface area (Å²) < 4.78 is 0. The number of hydrogen-bond donors (Lipinski definition) is 1. The van der Waals surface area contributed by atoms with Crippen molar-refractivity contribution in [2.75, 3.05) is 18.0 Å². The first-order valence-electron chi connectivity index (χ1n) is 7.20. The third-order valence-electron chi connectivity index (χ3n) is 4.01. The Labute approximate surface area is 114 Å². The Morgan fingerprint density at radius 1 is 1.32 bits per heavy atom. The van der Waals surface area contributed by atoms with Gasteiger partial charge >= 0.3 is 0 Å². The molecule has 1 aromatic heterocycles. The highest BCUT2D eigenvalue weighted by molar-refractivity contribution is 5.79. The second-order valence-corrected chi connectivity index (χ2v) is 5.74. The topological polar surface area (TPSA) is 45.2 Å². The van der Waals surface area contributed by atoms with Crippen molar-refractivity contribution in [3.8, 4) is 0 Å². The van der Waals surface area contributed by atoms with E-state index in [0.717, 1.165) is 44.6 Å². The van der Waals surface area contributed by atoms with Gasteiger partial charge in [-0.3, -0.25) is 4.79 Å². The monoisotopic (exact) mass is 259 g/mol. The fourth-order valence-electron chi connectivity index (χ4n) is 2.61. The Hall–Kier alpha value is -1.58. The van der Waals surface area contributed by atoms with Crippen molar-refractivity contribution in [2.24, 2.45) is 5.92 Å². The van der Waals surface area contributed by atoms with Crippen molar-refractivity contribution >= 4 is 11.7 Å². The SMILES string of the molecule is Cc1ccnc(N2CCC(C(=O)NC3CC3)CC2)c1. The molecule has 1 N–H and O–H groups in total. The molecule has 2 fully saturated rings. The van der Waals surface area contributed by atoms with Crippen LogP contribution in [0, 0.1) is 12.8 Å². The van der Waals surface area contributed by atoms with Crippen LogP contribution in [0.25, 0.3) is 0 Å². The van der Waals surface area contributed by atoms with Crippen molar-refractivity contribution in [3.63, 3.8) is 0 Å². The van der Waals surface area contributed by atoms with Gasteiger partial charge in [-0.25, -0.2) is 4.98 Å². The molecule has 0 radical (unpaired) electrons. The first-order valence-corrected chi connectivity index (χ1v) is 7.20. The summed E-state index contributed by atoms with van der Waals surface area (Å²) >= 11 is 0. The van der Waals surface area contributed by atoms with Crippen molar-refractivity contribution < 1.29 is 4.79 Å². The average molecular weight is 259 g/mol. The number of pyridine rings is 1. The van der Waals surface area contributed by atoms with E-state index in [-0.39, 0.29) is 11.8 Å². The Morgan fingerprint density at radius 3 is 2.68 bits per heavy atom. The number of amides is 1. The zero-order chi connectivity index (χ0) is 13.2. The minimum atomic E-state index is 0.196. The van der Waals surface area contributed by atoms with Crippen LogP contribution in [-0.2, 0) is 4.79 Å². The van der Waals surface area contributed by atoms with Crippen LogP contribution in [0.5, 0.6) is 0 Å². The zero-order valence-corrected chi connectivity index (χ0v) is 11.4. The molecule has 0 unspecified atom stereocenters. The molecule has 3 rings (SSSR count). The molecule has 2 heterocycles. The molecule has 0 bridgehead atoms. The van der Waals surface area contributed by atoms with Gasteiger partial charge in [0.15, 0.2) is 0 Å². The van der Waals surface area contributed by atoms with Gasteiger partial charge in [-0.1, -0.05) is 0 Å². The van der Waals surface area contributed by atoms with Crippen molar-refractivity contribution in [1.29, 1.82) is 0 Å². The van der Waals surface area contributed by atoms with Crippen LogP contribution in [-0.4, -0.2) is 30.0 Å². The van der Waals surface area contributed by atoms with E-state index in [2.05, 4.69) is 28.2 Å². The molecule has 102 valence electrons. The number of nitrogens with one attached hydrogen (secondary N) is 1. The number of carbonyl (C=O) groups is 1. The summed E-state index contributed by atoms with van der Waals surface area (Å²) in [4.78, 5) is 18.7. The average Bonchev–Trinajstić information content (AvgIpc) is 3.23. The number of piperidine rings is 1. The maximum atomic E-state index is 12.0. The lowest BCUT2D eigenvalue weighted by Gasteiger charge is -2.32. The largest absolute Gasteiger partial charge is 0.357 e. The highest BCUT2D eigenvalue weighted by Gasteiger charge is 2.30. The molecule has 0 spiro atoms. The van der Waals surface area contributed by atoms with Gasteiger partial charge in [0.1, 0.15) is 5.82 Å². The predicted octanol–water partition coefficient (Wildman–Crippen LogP) is 1.89. The molecule has 1 saturated heterocycles. The maximum absolute atomic E-state index is 12.0. The number of rotatable bonds is 3. The molecule has 1 aromatic rings. The van der Waals surface area contributed by atoms with Crippen molar-refractivity contribution in [2.45, 2.75) is 38.6 Å². The van der Waals surface area contributed by atoms with E-state index in [1.807, 2.05) is 12.3 Å². The lowest BCUT2D eigenvalue weighted by molar-refractivity contribution is -0.125. The van der Waals surface area contributed by atoms with E-state index in [0.29, 0.717) is 6.04 Å². The van der Waals surface area contributed by atoms with Gasteiger partial charge < -0.3 is 10.2 Å². The van der Waals surface area contributed by atoms with E-state index < -0.39 is 0 Å². The smallest absolute Gasteiger partial charge is 0.223 e. The summed E-state index contributed by atoms with van der Waals surface area (Å²) in [5.41, 5.74) is 1.23. The minimum Gasteiger partial charge on any atom is -0.357 e. The second kappa shape index (κ2) is 5.19. The van der Waals surface area contributed by atoms with Gasteiger partial charge in [-0.15, -0.1) is 0 Å². The highest BCUT2D eigenvalue weighted by atomic mass is 16.2. The number of hydrogen-bond acceptors (Lipinski definition) is 3. The van der Waals surface area contributed by atoms with Gasteiger partial charge in [-0.2, -0.15) is 0 Å². The molecule has 1 aliphatic heterocycles. The number of anilines is 1. The molecule has 19 heavy (non-hydrogen) atoms. The van der Waals surface area contributed by atoms with Crippen molar-refractivity contribution in [1.82, 2.24) is 10.3 Å². The molecule has 0 atom stereocenters. The van der Waals surface area contributed by atoms with Crippen molar-refractivity contribution in [3.05, 3.63) is 23.9 Å². The van der Waals surface area contributed by atoms with Crippen LogP contribution >= 0.6 is 0 Å². The summed E-state index contributed by atoms with van der Waals surface area (Å²) in [6, 6.07) is 4.60. The summed E-state index contributed by atoms with van der Waals surface area (Å²) in [7, 11) is 0. The standard InChI is InChI=1S/C15H21N3O/c1-11-4-7-16-14(10-11)18-8-5-12(6-9-18)15(19)17-13-2-3-13/h4,7,10,12-13H,2-3,5-6,8-9H2,1H3,(H,17,19). The number of aromatic nitrogens is 1. The van der Waals surface area contributed by atoms with Gasteiger partial charge in [0.25, 0.3) is 0 Å². The number of aryl methyl sites for hydroxylation is 1.